The second kappa shape index (κ2) is 52.1. The number of nitrogens with one attached hydrogen (secondary N) is 11. The van der Waals surface area contributed by atoms with Gasteiger partial charge in [0.15, 0.2) is 0 Å². The Labute approximate surface area is 771 Å². The van der Waals surface area contributed by atoms with Gasteiger partial charge in [-0.25, -0.2) is 9.78 Å². The van der Waals surface area contributed by atoms with Gasteiger partial charge in [0.05, 0.1) is 37.3 Å². The number of aliphatic hydroxyl groups is 3. The van der Waals surface area contributed by atoms with Crippen LogP contribution in [0.4, 0.5) is 0 Å². The van der Waals surface area contributed by atoms with Crippen LogP contribution < -0.4 is 70.0 Å². The lowest BCUT2D eigenvalue weighted by molar-refractivity contribution is -0.142. The van der Waals surface area contributed by atoms with E-state index < -0.39 is 205 Å². The number of nitrogens with zero attached hydrogens (tertiary/aromatic N) is 4. The monoisotopic (exact) mass is 1850 g/mol. The van der Waals surface area contributed by atoms with E-state index in [2.05, 4.69) is 63.5 Å². The maximum atomic E-state index is 15.1. The number of benzene rings is 5. The van der Waals surface area contributed by atoms with Crippen LogP contribution in [0, 0.1) is 11.8 Å². The number of aliphatic hydroxyl groups excluding tert-OH is 3. The summed E-state index contributed by atoms with van der Waals surface area (Å²) in [5.74, 6) is -14.6. The molecule has 0 bridgehead atoms. The molecule has 0 spiro atoms. The number of likely N-dealkylation sites (tertiary alicyclic amines) is 2. The highest BCUT2D eigenvalue weighted by Gasteiger charge is 2.43. The lowest BCUT2D eigenvalue weighted by Crippen LogP contribution is -2.61. The van der Waals surface area contributed by atoms with E-state index in [0.717, 1.165) is 0 Å². The first-order chi connectivity index (χ1) is 63.4. The van der Waals surface area contributed by atoms with E-state index in [1.165, 1.54) is 89.3 Å². The average molecular weight is 1850 g/mol. The molecule has 2 fully saturated rings. The van der Waals surface area contributed by atoms with E-state index in [-0.39, 0.29) is 120 Å². The Morgan fingerprint density at radius 1 is 0.414 bits per heavy atom. The summed E-state index contributed by atoms with van der Waals surface area (Å²) in [6, 6.07) is 17.5. The molecular weight excluding hydrogens is 1720 g/mol. The first-order valence-electron chi connectivity index (χ1n) is 44.9. The van der Waals surface area contributed by atoms with Gasteiger partial charge in [-0.1, -0.05) is 143 Å². The molecule has 6 aromatic rings. The standard InChI is InChI=1S/C94H127N17O22/c1-54(2)42-69(85(123)103-70(43-55(3)4)86(124)106-73(45-59-22-12-8-13-23-59)87(125)104-71(44-58-20-10-7-11-21-58)83(121)98-56(5)81(119)101-68(94(132)133)26-16-17-39-95)102-82(120)67(37-38-80(117)118)100-90(128)76-27-18-40-110(76)92(130)57(6)99-84(122)72(47-61-29-33-64(113)34-30-61)105-88(126)74(46-60-24-14-9-15-25-60)107-89(127)75(48-62-31-35-65(114)36-32-62)108-91(129)77-28-19-41-111(77)93(131)66(96)49-63-50-109(53-97-63)51-78(115)79(116)52-112/h7-15,20-25,29-36,50,53-57,66-79,112-116H,16-19,26-28,37-49,51-52,95-96H2,1-6H3,(H,98,121)(H,99,122)(H,100,128)(H,101,119)(H,102,120)(H,103,123)(H,104,125)(H,105,126)(H,106,124)(H,107,127)(H,108,129)(H,117,118)(H,132,133)/t56-,57-,66-,67-,68-,69-,70-,71-,72-,73-,74-,75-,76-,77-,78?,79?/m0/s1. The van der Waals surface area contributed by atoms with Crippen LogP contribution in [0.2, 0.25) is 0 Å². The third-order valence-electron chi connectivity index (χ3n) is 22.9. The molecule has 5 aromatic carbocycles. The fraction of sp³-hybridized carbons (Fsp3) is 0.489. The molecule has 2 aliphatic heterocycles. The zero-order valence-electron chi connectivity index (χ0n) is 75.6. The van der Waals surface area contributed by atoms with Gasteiger partial charge < -0.3 is 120 Å². The van der Waals surface area contributed by atoms with Gasteiger partial charge in [-0.2, -0.15) is 0 Å². The highest BCUT2D eigenvalue weighted by Crippen LogP contribution is 2.24. The van der Waals surface area contributed by atoms with Crippen molar-refractivity contribution in [1.82, 2.24) is 77.8 Å². The number of hydrogen-bond donors (Lipinski definition) is 20. The van der Waals surface area contributed by atoms with Gasteiger partial charge in [0.1, 0.15) is 96.1 Å². The van der Waals surface area contributed by atoms with E-state index in [0.29, 0.717) is 59.3 Å². The Kier molecular flexibility index (Phi) is 41.2. The molecule has 133 heavy (non-hydrogen) atoms. The zero-order valence-corrected chi connectivity index (χ0v) is 75.6. The number of phenols is 2. The van der Waals surface area contributed by atoms with Crippen LogP contribution in [0.1, 0.15) is 146 Å². The number of nitrogens with two attached hydrogens (primary N) is 2. The van der Waals surface area contributed by atoms with Gasteiger partial charge >= 0.3 is 11.9 Å². The molecule has 0 saturated carbocycles. The quantitative estimate of drug-likeness (QED) is 0.0216. The Morgan fingerprint density at radius 3 is 1.17 bits per heavy atom. The normalized spacial score (nSPS) is 16.8. The molecule has 39 heteroatoms. The first kappa shape index (κ1) is 105. The van der Waals surface area contributed by atoms with E-state index in [9.17, 15) is 98.1 Å². The number of aromatic nitrogens is 2. The summed E-state index contributed by atoms with van der Waals surface area (Å²) in [5, 5.41) is 99.3. The van der Waals surface area contributed by atoms with Crippen LogP contribution in [-0.4, -0.2) is 267 Å². The van der Waals surface area contributed by atoms with Gasteiger partial charge in [-0.3, -0.25) is 67.1 Å². The molecule has 0 radical (unpaired) electrons. The molecule has 39 nitrogen and oxygen atoms in total. The molecule has 2 aliphatic rings. The highest BCUT2D eigenvalue weighted by atomic mass is 16.4. The van der Waals surface area contributed by atoms with Crippen molar-refractivity contribution < 1.29 is 108 Å². The number of hydrogen-bond acceptors (Lipinski definition) is 23. The molecular formula is C94H127N17O22. The molecule has 0 aliphatic carbocycles. The fourth-order valence-corrected chi connectivity index (χ4v) is 15.7. The number of carbonyl (C=O) groups excluding carboxylic acids is 13. The topological polar surface area (TPSA) is 606 Å². The third-order valence-corrected chi connectivity index (χ3v) is 22.9. The minimum absolute atomic E-state index is 0.0147. The lowest BCUT2D eigenvalue weighted by Gasteiger charge is -2.30. The van der Waals surface area contributed by atoms with Gasteiger partial charge in [0, 0.05) is 64.2 Å². The predicted octanol–water partition coefficient (Wildman–Crippen LogP) is -0.383. The van der Waals surface area contributed by atoms with Crippen LogP contribution >= 0.6 is 0 Å². The fourth-order valence-electron chi connectivity index (χ4n) is 15.7. The van der Waals surface area contributed by atoms with Crippen molar-refractivity contribution in [3.63, 3.8) is 0 Å². The molecule has 2 saturated heterocycles. The maximum Gasteiger partial charge on any atom is 0.326 e. The smallest absolute Gasteiger partial charge is 0.326 e. The number of carbonyl (C=O) groups is 15. The molecule has 13 amide bonds. The SMILES string of the molecule is CC(C)C[C@H](NC(=O)[C@H](CC(C)C)NC(=O)[C@H](CCC(=O)O)NC(=O)[C@@H]1CCCN1C(=O)[C@H](C)NC(=O)[C@H](Cc1ccc(O)cc1)NC(=O)[C@H](Cc1ccccc1)NC(=O)[C@H](Cc1ccc(O)cc1)NC(=O)[C@@H]1CCCN1C(=O)[C@@H](N)Cc1cn(CC(O)C(O)CO)cn1)C(=O)N[C@@H](Cc1ccccc1)C(=O)N[C@@H](Cc1ccccc1)C(=O)N[C@@H](C)C(=O)N[C@@H](CCCCN)C(=O)O. The van der Waals surface area contributed by atoms with Crippen LogP contribution in [0.25, 0.3) is 0 Å². The van der Waals surface area contributed by atoms with Gasteiger partial charge in [-0.15, -0.1) is 0 Å². The number of unbranched alkanes of at least 4 members (excludes halogenated alkanes) is 1. The number of phenolic OH excluding ortho intramolecular Hbond substituents is 2. The van der Waals surface area contributed by atoms with Crippen LogP contribution in [0.5, 0.6) is 11.5 Å². The Bertz CT molecular complexity index is 4900. The summed E-state index contributed by atoms with van der Waals surface area (Å²) in [5.41, 5.74) is 15.0. The van der Waals surface area contributed by atoms with Crippen molar-refractivity contribution in [2.75, 3.05) is 26.2 Å². The third kappa shape index (κ3) is 33.5. The number of aliphatic carboxylic acids is 2. The summed E-state index contributed by atoms with van der Waals surface area (Å²) < 4.78 is 1.45. The van der Waals surface area contributed by atoms with Gasteiger partial charge in [0.2, 0.25) is 76.8 Å². The summed E-state index contributed by atoms with van der Waals surface area (Å²) in [6.45, 7) is 9.27. The minimum atomic E-state index is -1.67. The van der Waals surface area contributed by atoms with E-state index in [1.54, 1.807) is 119 Å². The zero-order chi connectivity index (χ0) is 97.1. The van der Waals surface area contributed by atoms with Gasteiger partial charge in [0.25, 0.3) is 0 Å². The molecule has 22 N–H and O–H groups in total. The molecule has 1 aromatic heterocycles. The summed E-state index contributed by atoms with van der Waals surface area (Å²) in [4.78, 5) is 221. The van der Waals surface area contributed by atoms with Crippen molar-refractivity contribution in [3.05, 3.63) is 186 Å². The summed E-state index contributed by atoms with van der Waals surface area (Å²) in [6.07, 6.45) is -0.448. The second-order valence-electron chi connectivity index (χ2n) is 34.7. The lowest BCUT2D eigenvalue weighted by atomic mass is 9.98. The number of rotatable bonds is 52. The minimum Gasteiger partial charge on any atom is -0.508 e. The molecule has 3 heterocycles. The molecule has 2 unspecified atom stereocenters. The van der Waals surface area contributed by atoms with Crippen molar-refractivity contribution in [1.29, 1.82) is 0 Å². The van der Waals surface area contributed by atoms with Crippen molar-refractivity contribution in [3.8, 4) is 11.5 Å². The van der Waals surface area contributed by atoms with E-state index in [1.807, 2.05) is 0 Å². The maximum absolute atomic E-state index is 15.1. The van der Waals surface area contributed by atoms with Crippen molar-refractivity contribution in [2.45, 2.75) is 254 Å². The number of amides is 13. The van der Waals surface area contributed by atoms with Crippen LogP contribution in [0.15, 0.2) is 152 Å². The van der Waals surface area contributed by atoms with Gasteiger partial charge in [-0.05, 0) is 149 Å². The Balaban J connectivity index is 0.962. The number of carboxylic acid groups (broad SMARTS) is 2. The first-order valence-corrected chi connectivity index (χ1v) is 44.9. The highest BCUT2D eigenvalue weighted by molar-refractivity contribution is 6.01. The number of carboxylic acids is 2. The van der Waals surface area contributed by atoms with Crippen LogP contribution in [0.3, 0.4) is 0 Å². The summed E-state index contributed by atoms with van der Waals surface area (Å²) in [7, 11) is 0. The average Bonchev–Trinajstić information content (AvgIpc) is 1.73. The van der Waals surface area contributed by atoms with Crippen LogP contribution in [-0.2, 0) is 117 Å². The van der Waals surface area contributed by atoms with E-state index >= 15 is 9.59 Å². The molecule has 720 valence electrons. The Hall–Kier alpha value is -13.2. The number of aromatic hydroxyl groups is 2. The molecule has 16 atom stereocenters. The predicted molar refractivity (Wildman–Crippen MR) is 485 cm³/mol. The van der Waals surface area contributed by atoms with E-state index in [4.69, 9.17) is 11.5 Å². The largest absolute Gasteiger partial charge is 0.508 e. The summed E-state index contributed by atoms with van der Waals surface area (Å²) >= 11 is 0. The van der Waals surface area contributed by atoms with Crippen molar-refractivity contribution in [2.24, 2.45) is 23.3 Å². The number of imidazole rings is 1. The van der Waals surface area contributed by atoms with Crippen molar-refractivity contribution >= 4 is 88.7 Å². The Morgan fingerprint density at radius 2 is 0.774 bits per heavy atom. The molecule has 8 rings (SSSR count). The second-order valence-corrected chi connectivity index (χ2v) is 34.7.